The van der Waals surface area contributed by atoms with Crippen molar-refractivity contribution in [2.45, 2.75) is 30.6 Å². The fourth-order valence-corrected chi connectivity index (χ4v) is 4.29. The Morgan fingerprint density at radius 1 is 1.53 bits per heavy atom. The number of carbonyl (C=O) groups excluding carboxylic acids is 1. The van der Waals surface area contributed by atoms with Crippen LogP contribution in [-0.2, 0) is 0 Å². The van der Waals surface area contributed by atoms with Gasteiger partial charge >= 0.3 is 0 Å². The first-order chi connectivity index (χ1) is 8.11. The predicted molar refractivity (Wildman–Crippen MR) is 73.0 cm³/mol. The van der Waals surface area contributed by atoms with Gasteiger partial charge in [0.25, 0.3) is 0 Å². The third kappa shape index (κ3) is 1.82. The second kappa shape index (κ2) is 4.02. The summed E-state index contributed by atoms with van der Waals surface area (Å²) in [5.74, 6) is 2.04. The average molecular weight is 313 g/mol. The molecule has 0 bridgehead atoms. The lowest BCUT2D eigenvalue weighted by Crippen LogP contribution is -2.46. The van der Waals surface area contributed by atoms with Gasteiger partial charge in [0.05, 0.1) is 12.0 Å². The molecular formula is C13H13BrO2S. The number of hydrogen-bond donors (Lipinski definition) is 0. The van der Waals surface area contributed by atoms with E-state index >= 15 is 0 Å². The van der Waals surface area contributed by atoms with Crippen LogP contribution in [0.25, 0.3) is 0 Å². The Kier molecular flexibility index (Phi) is 2.75. The molecule has 2 atom stereocenters. The average Bonchev–Trinajstić information content (AvgIpc) is 2.62. The molecule has 17 heavy (non-hydrogen) atoms. The molecule has 1 saturated heterocycles. The Bertz CT molecular complexity index is 488. The van der Waals surface area contributed by atoms with Gasteiger partial charge in [-0.05, 0) is 37.3 Å². The Morgan fingerprint density at radius 3 is 3.06 bits per heavy atom. The van der Waals surface area contributed by atoms with E-state index in [4.69, 9.17) is 4.74 Å². The van der Waals surface area contributed by atoms with E-state index in [1.165, 1.54) is 0 Å². The van der Waals surface area contributed by atoms with Crippen molar-refractivity contribution in [2.75, 3.05) is 5.75 Å². The molecule has 2 heterocycles. The van der Waals surface area contributed by atoms with E-state index in [2.05, 4.69) is 22.9 Å². The molecule has 3 rings (SSSR count). The number of ether oxygens (including phenoxy) is 1. The van der Waals surface area contributed by atoms with Crippen LogP contribution in [0.1, 0.15) is 30.1 Å². The zero-order chi connectivity index (χ0) is 12.0. The topological polar surface area (TPSA) is 26.3 Å². The number of fused-ring (bicyclic) bond motifs is 1. The highest BCUT2D eigenvalue weighted by molar-refractivity contribution is 9.10. The lowest BCUT2D eigenvalue weighted by atomic mass is 9.86. The van der Waals surface area contributed by atoms with E-state index in [1.54, 1.807) is 0 Å². The van der Waals surface area contributed by atoms with Crippen LogP contribution in [-0.4, -0.2) is 22.4 Å². The number of carbonyl (C=O) groups is 1. The number of ketones is 1. The second-order valence-electron chi connectivity index (χ2n) is 4.67. The summed E-state index contributed by atoms with van der Waals surface area (Å²) in [6, 6.07) is 5.68. The third-order valence-electron chi connectivity index (χ3n) is 3.65. The van der Waals surface area contributed by atoms with E-state index in [0.717, 1.165) is 22.4 Å². The van der Waals surface area contributed by atoms with Gasteiger partial charge in [-0.1, -0.05) is 15.9 Å². The number of Topliss-reactive ketones (excluding diaryl/α,β-unsaturated/α-hetero) is 1. The molecule has 2 aliphatic heterocycles. The fraction of sp³-hybridized carbons (Fsp3) is 0.462. The highest BCUT2D eigenvalue weighted by atomic mass is 79.9. The lowest BCUT2D eigenvalue weighted by Gasteiger charge is -2.37. The van der Waals surface area contributed by atoms with E-state index in [0.29, 0.717) is 17.2 Å². The first-order valence-electron chi connectivity index (χ1n) is 5.74. The summed E-state index contributed by atoms with van der Waals surface area (Å²) in [6.07, 6.45) is 1.49. The van der Waals surface area contributed by atoms with Crippen molar-refractivity contribution in [3.63, 3.8) is 0 Å². The fourth-order valence-electron chi connectivity index (χ4n) is 2.56. The maximum atomic E-state index is 12.2. The van der Waals surface area contributed by atoms with Gasteiger partial charge in [-0.2, -0.15) is 11.8 Å². The molecule has 0 aromatic heterocycles. The molecule has 1 aromatic carbocycles. The Hall–Kier alpha value is -0.480. The van der Waals surface area contributed by atoms with E-state index < -0.39 is 0 Å². The molecule has 2 aliphatic rings. The Labute approximate surface area is 113 Å². The number of benzene rings is 1. The zero-order valence-electron chi connectivity index (χ0n) is 9.53. The minimum Gasteiger partial charge on any atom is -0.485 e. The van der Waals surface area contributed by atoms with Gasteiger partial charge in [0, 0.05) is 9.72 Å². The zero-order valence-corrected chi connectivity index (χ0v) is 11.9. The van der Waals surface area contributed by atoms with Crippen LogP contribution in [0.2, 0.25) is 0 Å². The largest absolute Gasteiger partial charge is 0.485 e. The summed E-state index contributed by atoms with van der Waals surface area (Å²) in [4.78, 5) is 12.2. The molecule has 0 N–H and O–H groups in total. The van der Waals surface area contributed by atoms with Gasteiger partial charge in [0.15, 0.2) is 5.78 Å². The van der Waals surface area contributed by atoms with Crippen LogP contribution in [0.4, 0.5) is 0 Å². The second-order valence-corrected chi connectivity index (χ2v) is 7.03. The maximum Gasteiger partial charge on any atom is 0.170 e. The minimum atomic E-state index is -0.261. The van der Waals surface area contributed by atoms with Crippen LogP contribution in [0.3, 0.4) is 0 Å². The molecule has 1 aromatic rings. The van der Waals surface area contributed by atoms with Crippen molar-refractivity contribution >= 4 is 33.5 Å². The van der Waals surface area contributed by atoms with Crippen molar-refractivity contribution in [3.8, 4) is 5.75 Å². The highest BCUT2D eigenvalue weighted by Gasteiger charge is 2.48. The van der Waals surface area contributed by atoms with Crippen LogP contribution < -0.4 is 4.74 Å². The van der Waals surface area contributed by atoms with E-state index in [1.807, 2.05) is 30.0 Å². The number of rotatable bonds is 0. The summed E-state index contributed by atoms with van der Waals surface area (Å²) >= 11 is 5.29. The molecule has 0 amide bonds. The predicted octanol–water partition coefficient (Wildman–Crippen LogP) is 3.68. The summed E-state index contributed by atoms with van der Waals surface area (Å²) in [5.41, 5.74) is 0.455. The summed E-state index contributed by atoms with van der Waals surface area (Å²) in [7, 11) is 0. The standard InChI is InChI=1S/C13H13BrO2S/c1-8-13(4-5-17-8)7-11(15)10-6-9(14)2-3-12(10)16-13/h2-3,6,8H,4-5,7H2,1H3. The van der Waals surface area contributed by atoms with E-state index in [9.17, 15) is 4.79 Å². The van der Waals surface area contributed by atoms with Crippen LogP contribution in [0.5, 0.6) is 5.75 Å². The molecule has 4 heteroatoms. The number of hydrogen-bond acceptors (Lipinski definition) is 3. The Morgan fingerprint density at radius 2 is 2.35 bits per heavy atom. The van der Waals surface area contributed by atoms with Gasteiger partial charge in [-0.3, -0.25) is 4.79 Å². The number of thioether (sulfide) groups is 1. The normalized spacial score (nSPS) is 31.4. The first kappa shape index (κ1) is 11.6. The molecule has 1 spiro atoms. The molecule has 0 radical (unpaired) electrons. The van der Waals surface area contributed by atoms with Crippen molar-refractivity contribution in [3.05, 3.63) is 28.2 Å². The molecule has 1 fully saturated rings. The van der Waals surface area contributed by atoms with Crippen molar-refractivity contribution in [1.29, 1.82) is 0 Å². The van der Waals surface area contributed by atoms with Crippen LogP contribution in [0, 0.1) is 0 Å². The van der Waals surface area contributed by atoms with Crippen LogP contribution in [0.15, 0.2) is 22.7 Å². The smallest absolute Gasteiger partial charge is 0.170 e. The number of halogens is 1. The van der Waals surface area contributed by atoms with Gasteiger partial charge < -0.3 is 4.74 Å². The minimum absolute atomic E-state index is 0.210. The maximum absolute atomic E-state index is 12.2. The van der Waals surface area contributed by atoms with Gasteiger partial charge in [-0.15, -0.1) is 0 Å². The summed E-state index contributed by atoms with van der Waals surface area (Å²) in [5, 5.41) is 0.392. The molecule has 2 nitrogen and oxygen atoms in total. The summed E-state index contributed by atoms with van der Waals surface area (Å²) < 4.78 is 7.08. The Balaban J connectivity index is 2.04. The first-order valence-corrected chi connectivity index (χ1v) is 7.58. The molecular weight excluding hydrogens is 300 g/mol. The quantitative estimate of drug-likeness (QED) is 0.731. The van der Waals surface area contributed by atoms with Crippen molar-refractivity contribution < 1.29 is 9.53 Å². The molecule has 0 saturated carbocycles. The van der Waals surface area contributed by atoms with Crippen molar-refractivity contribution in [2.24, 2.45) is 0 Å². The van der Waals surface area contributed by atoms with Gasteiger partial charge in [0.1, 0.15) is 11.4 Å². The molecule has 2 unspecified atom stereocenters. The monoisotopic (exact) mass is 312 g/mol. The van der Waals surface area contributed by atoms with Gasteiger partial charge in [0.2, 0.25) is 0 Å². The van der Waals surface area contributed by atoms with Gasteiger partial charge in [-0.25, -0.2) is 0 Å². The third-order valence-corrected chi connectivity index (χ3v) is 5.51. The SMILES string of the molecule is CC1SCCC12CC(=O)c1cc(Br)ccc1O2. The van der Waals surface area contributed by atoms with Crippen LogP contribution >= 0.6 is 27.7 Å². The molecule has 0 aliphatic carbocycles. The molecule has 90 valence electrons. The summed E-state index contributed by atoms with van der Waals surface area (Å²) in [6.45, 7) is 2.16. The highest BCUT2D eigenvalue weighted by Crippen LogP contribution is 2.46. The van der Waals surface area contributed by atoms with Crippen molar-refractivity contribution in [1.82, 2.24) is 0 Å². The lowest BCUT2D eigenvalue weighted by molar-refractivity contribution is 0.0439. The van der Waals surface area contributed by atoms with E-state index in [-0.39, 0.29) is 11.4 Å².